The number of carboxylic acids is 1. The van der Waals surface area contributed by atoms with Gasteiger partial charge in [-0.05, 0) is 24.1 Å². The maximum absolute atomic E-state index is 11.4. The zero-order valence-corrected chi connectivity index (χ0v) is 11.5. The van der Waals surface area contributed by atoms with Crippen LogP contribution in [0.4, 0.5) is 0 Å². The minimum absolute atomic E-state index is 0.0227. The van der Waals surface area contributed by atoms with Crippen LogP contribution in [0.3, 0.4) is 0 Å². The average molecular weight is 291 g/mol. The van der Waals surface area contributed by atoms with E-state index in [0.717, 1.165) is 0 Å². The third kappa shape index (κ3) is 4.31. The largest absolute Gasteiger partial charge is 0.481 e. The summed E-state index contributed by atoms with van der Waals surface area (Å²) in [4.78, 5) is 11.2. The van der Waals surface area contributed by atoms with Crippen molar-refractivity contribution in [3.05, 3.63) is 34.9 Å². The topological polar surface area (TPSA) is 71.4 Å². The van der Waals surface area contributed by atoms with Crippen LogP contribution in [-0.2, 0) is 14.6 Å². The zero-order chi connectivity index (χ0) is 13.8. The number of carbonyl (C=O) groups is 1. The summed E-state index contributed by atoms with van der Waals surface area (Å²) in [5.74, 6) is -1.99. The molecule has 1 unspecified atom stereocenters. The molecule has 0 radical (unpaired) electrons. The highest BCUT2D eigenvalue weighted by Crippen LogP contribution is 2.23. The first-order valence-corrected chi connectivity index (χ1v) is 7.74. The van der Waals surface area contributed by atoms with E-state index >= 15 is 0 Å². The van der Waals surface area contributed by atoms with Gasteiger partial charge in [-0.15, -0.1) is 0 Å². The fraction of sp³-hybridized carbons (Fsp3) is 0.417. The van der Waals surface area contributed by atoms with E-state index in [2.05, 4.69) is 0 Å². The van der Waals surface area contributed by atoms with Gasteiger partial charge in [0, 0.05) is 10.8 Å². The first-order chi connectivity index (χ1) is 8.35. The second-order valence-corrected chi connectivity index (χ2v) is 6.88. The fourth-order valence-corrected chi connectivity index (χ4v) is 2.68. The summed E-state index contributed by atoms with van der Waals surface area (Å²) < 4.78 is 22.8. The maximum atomic E-state index is 11.4. The van der Waals surface area contributed by atoms with E-state index in [4.69, 9.17) is 16.7 Å². The molecule has 0 heterocycles. The highest BCUT2D eigenvalue weighted by atomic mass is 35.5. The number of aliphatic carboxylic acids is 1. The van der Waals surface area contributed by atoms with Crippen LogP contribution in [0.25, 0.3) is 0 Å². The summed E-state index contributed by atoms with van der Waals surface area (Å²) in [7, 11) is -3.16. The van der Waals surface area contributed by atoms with Gasteiger partial charge in [-0.2, -0.15) is 0 Å². The molecular formula is C12H15ClO4S. The van der Waals surface area contributed by atoms with Gasteiger partial charge in [0.1, 0.15) is 9.84 Å². The molecule has 1 rings (SSSR count). The molecule has 0 saturated heterocycles. The van der Waals surface area contributed by atoms with Gasteiger partial charge in [0.05, 0.1) is 11.7 Å². The first kappa shape index (κ1) is 15.0. The number of hydrogen-bond donors (Lipinski definition) is 1. The number of sulfone groups is 1. The molecular weight excluding hydrogens is 276 g/mol. The summed E-state index contributed by atoms with van der Waals surface area (Å²) in [6.07, 6.45) is 0.0614. The molecule has 0 aliphatic carbocycles. The minimum Gasteiger partial charge on any atom is -0.481 e. The summed E-state index contributed by atoms with van der Waals surface area (Å²) in [6, 6.07) is 6.50. The lowest BCUT2D eigenvalue weighted by atomic mass is 9.97. The molecule has 0 fully saturated rings. The lowest BCUT2D eigenvalue weighted by Gasteiger charge is -2.12. The SMILES string of the molecule is CCS(=O)(=O)CCC(C(=O)O)c1cccc(Cl)c1. The van der Waals surface area contributed by atoms with Gasteiger partial charge in [0.25, 0.3) is 0 Å². The predicted molar refractivity (Wildman–Crippen MR) is 70.8 cm³/mol. The van der Waals surface area contributed by atoms with Gasteiger partial charge < -0.3 is 5.11 Å². The van der Waals surface area contributed by atoms with Crippen LogP contribution in [0.5, 0.6) is 0 Å². The Labute approximate surface area is 112 Å². The van der Waals surface area contributed by atoms with Gasteiger partial charge in [0.15, 0.2) is 0 Å². The van der Waals surface area contributed by atoms with E-state index in [1.807, 2.05) is 0 Å². The summed E-state index contributed by atoms with van der Waals surface area (Å²) >= 11 is 5.80. The van der Waals surface area contributed by atoms with Gasteiger partial charge in [-0.25, -0.2) is 8.42 Å². The quantitative estimate of drug-likeness (QED) is 0.873. The number of hydrogen-bond acceptors (Lipinski definition) is 3. The predicted octanol–water partition coefficient (Wildman–Crippen LogP) is 2.33. The van der Waals surface area contributed by atoms with Gasteiger partial charge >= 0.3 is 5.97 Å². The Bertz CT molecular complexity index is 525. The molecule has 6 heteroatoms. The van der Waals surface area contributed by atoms with Crippen LogP contribution in [-0.4, -0.2) is 31.0 Å². The molecule has 0 bridgehead atoms. The molecule has 100 valence electrons. The average Bonchev–Trinajstić information content (AvgIpc) is 2.29. The zero-order valence-electron chi connectivity index (χ0n) is 9.97. The van der Waals surface area contributed by atoms with E-state index < -0.39 is 21.7 Å². The molecule has 0 aliphatic heterocycles. The molecule has 4 nitrogen and oxygen atoms in total. The van der Waals surface area contributed by atoms with Crippen molar-refractivity contribution >= 4 is 27.4 Å². The number of benzene rings is 1. The van der Waals surface area contributed by atoms with Crippen LogP contribution in [0, 0.1) is 0 Å². The molecule has 1 atom stereocenters. The Morgan fingerprint density at radius 3 is 2.61 bits per heavy atom. The van der Waals surface area contributed by atoms with Crippen LogP contribution in [0.2, 0.25) is 5.02 Å². The van der Waals surface area contributed by atoms with E-state index in [1.165, 1.54) is 0 Å². The minimum atomic E-state index is -3.16. The van der Waals surface area contributed by atoms with E-state index in [-0.39, 0.29) is 17.9 Å². The van der Waals surface area contributed by atoms with E-state index in [9.17, 15) is 13.2 Å². The molecule has 0 amide bonds. The molecule has 1 aromatic carbocycles. The Morgan fingerprint density at radius 1 is 1.44 bits per heavy atom. The molecule has 0 aliphatic rings. The van der Waals surface area contributed by atoms with Crippen LogP contribution < -0.4 is 0 Å². The van der Waals surface area contributed by atoms with E-state index in [1.54, 1.807) is 31.2 Å². The van der Waals surface area contributed by atoms with Crippen molar-refractivity contribution in [2.45, 2.75) is 19.3 Å². The highest BCUT2D eigenvalue weighted by molar-refractivity contribution is 7.91. The van der Waals surface area contributed by atoms with Gasteiger partial charge in [-0.1, -0.05) is 30.7 Å². The van der Waals surface area contributed by atoms with Gasteiger partial charge in [0.2, 0.25) is 0 Å². The molecule has 0 saturated carbocycles. The molecule has 1 N–H and O–H groups in total. The van der Waals surface area contributed by atoms with Crippen LogP contribution in [0.15, 0.2) is 24.3 Å². The third-order valence-electron chi connectivity index (χ3n) is 2.71. The number of halogens is 1. The third-order valence-corrected chi connectivity index (χ3v) is 4.68. The Morgan fingerprint density at radius 2 is 2.11 bits per heavy atom. The second kappa shape index (κ2) is 6.20. The summed E-state index contributed by atoms with van der Waals surface area (Å²) in [5.41, 5.74) is 0.529. The van der Waals surface area contributed by atoms with Crippen molar-refractivity contribution < 1.29 is 18.3 Å². The van der Waals surface area contributed by atoms with Crippen molar-refractivity contribution in [1.29, 1.82) is 0 Å². The van der Waals surface area contributed by atoms with Crippen molar-refractivity contribution in [1.82, 2.24) is 0 Å². The fourth-order valence-electron chi connectivity index (χ4n) is 1.60. The number of carboxylic acid groups (broad SMARTS) is 1. The molecule has 1 aromatic rings. The monoisotopic (exact) mass is 290 g/mol. The summed E-state index contributed by atoms with van der Waals surface area (Å²) in [6.45, 7) is 1.55. The molecule has 0 spiro atoms. The lowest BCUT2D eigenvalue weighted by Crippen LogP contribution is -2.17. The Hall–Kier alpha value is -1.07. The number of rotatable bonds is 6. The first-order valence-electron chi connectivity index (χ1n) is 5.54. The standard InChI is InChI=1S/C12H15ClO4S/c1-2-18(16,17)7-6-11(12(14)15)9-4-3-5-10(13)8-9/h3-5,8,11H,2,6-7H2,1H3,(H,14,15). The van der Waals surface area contributed by atoms with E-state index in [0.29, 0.717) is 10.6 Å². The van der Waals surface area contributed by atoms with Gasteiger partial charge in [-0.3, -0.25) is 4.79 Å². The highest BCUT2D eigenvalue weighted by Gasteiger charge is 2.22. The smallest absolute Gasteiger partial charge is 0.311 e. The summed E-state index contributed by atoms with van der Waals surface area (Å²) in [5, 5.41) is 9.59. The Kier molecular flexibility index (Phi) is 5.16. The van der Waals surface area contributed by atoms with Crippen molar-refractivity contribution in [2.75, 3.05) is 11.5 Å². The van der Waals surface area contributed by atoms with Crippen molar-refractivity contribution in [2.24, 2.45) is 0 Å². The maximum Gasteiger partial charge on any atom is 0.311 e. The van der Waals surface area contributed by atoms with Crippen LogP contribution in [0.1, 0.15) is 24.8 Å². The second-order valence-electron chi connectivity index (χ2n) is 3.97. The van der Waals surface area contributed by atoms with Crippen molar-refractivity contribution in [3.63, 3.8) is 0 Å². The van der Waals surface area contributed by atoms with Crippen LogP contribution >= 0.6 is 11.6 Å². The normalized spacial score (nSPS) is 13.2. The lowest BCUT2D eigenvalue weighted by molar-refractivity contribution is -0.138. The molecule has 0 aromatic heterocycles. The molecule has 18 heavy (non-hydrogen) atoms. The van der Waals surface area contributed by atoms with Crippen molar-refractivity contribution in [3.8, 4) is 0 Å². The Balaban J connectivity index is 2.88.